The maximum Gasteiger partial charge on any atom is 0.390 e. The van der Waals surface area contributed by atoms with Gasteiger partial charge in [-0.05, 0) is 32.4 Å². The van der Waals surface area contributed by atoms with Crippen molar-refractivity contribution < 1.29 is 13.2 Å². The molecule has 1 heterocycles. The molecule has 4 heteroatoms. The van der Waals surface area contributed by atoms with Gasteiger partial charge < -0.3 is 4.90 Å². The molecule has 0 spiro atoms. The Morgan fingerprint density at radius 3 is 2.25 bits per heavy atom. The fourth-order valence-electron chi connectivity index (χ4n) is 1.31. The topological polar surface area (TPSA) is 3.24 Å². The molecule has 0 aliphatic carbocycles. The van der Waals surface area contributed by atoms with E-state index in [0.29, 0.717) is 0 Å². The Bertz CT molecular complexity index is 127. The number of alkyl halides is 3. The summed E-state index contributed by atoms with van der Waals surface area (Å²) in [5.41, 5.74) is 0. The minimum absolute atomic E-state index is 0.164. The molecular weight excluding hydrogens is 167 g/mol. The number of piperidine rings is 1. The van der Waals surface area contributed by atoms with Crippen LogP contribution in [0, 0.1) is 6.42 Å². The molecule has 0 saturated carbocycles. The average Bonchev–Trinajstić information content (AvgIpc) is 2.02. The molecule has 1 fully saturated rings. The lowest BCUT2D eigenvalue weighted by Gasteiger charge is -2.26. The van der Waals surface area contributed by atoms with Crippen LogP contribution >= 0.6 is 0 Å². The predicted molar refractivity (Wildman–Crippen MR) is 40.6 cm³/mol. The molecule has 0 bridgehead atoms. The number of hydrogen-bond donors (Lipinski definition) is 0. The summed E-state index contributed by atoms with van der Waals surface area (Å²) in [6.45, 7) is 1.74. The van der Waals surface area contributed by atoms with E-state index in [-0.39, 0.29) is 6.54 Å². The summed E-state index contributed by atoms with van der Waals surface area (Å²) in [5, 5.41) is 0. The third-order valence-corrected chi connectivity index (χ3v) is 2.01. The van der Waals surface area contributed by atoms with E-state index in [0.717, 1.165) is 25.9 Å². The summed E-state index contributed by atoms with van der Waals surface area (Å²) < 4.78 is 35.3. The van der Waals surface area contributed by atoms with Gasteiger partial charge in [0.15, 0.2) is 0 Å². The van der Waals surface area contributed by atoms with Crippen molar-refractivity contribution in [3.8, 4) is 0 Å². The molecule has 1 nitrogen and oxygen atoms in total. The van der Waals surface area contributed by atoms with Crippen LogP contribution in [-0.4, -0.2) is 30.7 Å². The smallest absolute Gasteiger partial charge is 0.303 e. The molecule has 1 aliphatic rings. The summed E-state index contributed by atoms with van der Waals surface area (Å²) in [5.74, 6) is 0. The first-order valence-electron chi connectivity index (χ1n) is 4.19. The lowest BCUT2D eigenvalue weighted by atomic mass is 10.1. The molecule has 1 saturated heterocycles. The molecule has 1 aliphatic heterocycles. The van der Waals surface area contributed by atoms with Crippen molar-refractivity contribution in [2.45, 2.75) is 25.4 Å². The maximum absolute atomic E-state index is 11.8. The summed E-state index contributed by atoms with van der Waals surface area (Å²) >= 11 is 0. The summed E-state index contributed by atoms with van der Waals surface area (Å²) in [4.78, 5) is 1.87. The van der Waals surface area contributed by atoms with Gasteiger partial charge in [-0.2, -0.15) is 13.2 Å². The van der Waals surface area contributed by atoms with Crippen molar-refractivity contribution in [1.82, 2.24) is 4.90 Å². The van der Waals surface area contributed by atoms with Crippen molar-refractivity contribution in [3.05, 3.63) is 6.42 Å². The van der Waals surface area contributed by atoms with Crippen LogP contribution in [0.1, 0.15) is 19.3 Å². The zero-order valence-electron chi connectivity index (χ0n) is 6.90. The molecule has 0 aromatic carbocycles. The largest absolute Gasteiger partial charge is 0.390 e. The SMILES string of the molecule is FC(F)(F)CCN1CC[CH]CC1. The van der Waals surface area contributed by atoms with E-state index in [4.69, 9.17) is 0 Å². The number of halogens is 3. The minimum atomic E-state index is -4.00. The molecule has 1 rings (SSSR count). The maximum atomic E-state index is 11.8. The van der Waals surface area contributed by atoms with E-state index in [1.165, 1.54) is 0 Å². The second-order valence-electron chi connectivity index (χ2n) is 3.07. The standard InChI is InChI=1S/C8H13F3N/c9-8(10,11)4-7-12-5-2-1-3-6-12/h1H,2-7H2. The van der Waals surface area contributed by atoms with Crippen LogP contribution in [0.5, 0.6) is 0 Å². The highest BCUT2D eigenvalue weighted by molar-refractivity contribution is 4.76. The van der Waals surface area contributed by atoms with Gasteiger partial charge in [-0.15, -0.1) is 0 Å². The van der Waals surface area contributed by atoms with Crippen LogP contribution in [0.25, 0.3) is 0 Å². The Morgan fingerprint density at radius 2 is 1.75 bits per heavy atom. The first-order chi connectivity index (χ1) is 5.58. The fourth-order valence-corrected chi connectivity index (χ4v) is 1.31. The molecule has 0 atom stereocenters. The van der Waals surface area contributed by atoms with Gasteiger partial charge >= 0.3 is 6.18 Å². The normalized spacial score (nSPS) is 21.2. The van der Waals surface area contributed by atoms with Gasteiger partial charge in [0.05, 0.1) is 6.42 Å². The van der Waals surface area contributed by atoms with Gasteiger partial charge in [0.1, 0.15) is 0 Å². The van der Waals surface area contributed by atoms with Crippen molar-refractivity contribution in [3.63, 3.8) is 0 Å². The first-order valence-corrected chi connectivity index (χ1v) is 4.19. The van der Waals surface area contributed by atoms with Crippen molar-refractivity contribution in [2.24, 2.45) is 0 Å². The van der Waals surface area contributed by atoms with Crippen LogP contribution in [0.4, 0.5) is 13.2 Å². The van der Waals surface area contributed by atoms with E-state index in [2.05, 4.69) is 6.42 Å². The lowest BCUT2D eigenvalue weighted by molar-refractivity contribution is -0.138. The van der Waals surface area contributed by atoms with E-state index < -0.39 is 12.6 Å². The Labute approximate surface area is 70.5 Å². The van der Waals surface area contributed by atoms with Gasteiger partial charge in [-0.25, -0.2) is 0 Å². The Kier molecular flexibility index (Phi) is 3.38. The quantitative estimate of drug-likeness (QED) is 0.630. The number of nitrogens with zero attached hydrogens (tertiary/aromatic N) is 1. The molecule has 0 unspecified atom stereocenters. The summed E-state index contributed by atoms with van der Waals surface area (Å²) in [6.07, 6.45) is -0.687. The second kappa shape index (κ2) is 4.12. The highest BCUT2D eigenvalue weighted by atomic mass is 19.4. The number of likely N-dealkylation sites (tertiary alicyclic amines) is 1. The van der Waals surface area contributed by atoms with Crippen molar-refractivity contribution in [1.29, 1.82) is 0 Å². The molecule has 0 aromatic heterocycles. The van der Waals surface area contributed by atoms with Crippen LogP contribution in [0.3, 0.4) is 0 Å². The van der Waals surface area contributed by atoms with E-state index in [1.54, 1.807) is 0 Å². The lowest BCUT2D eigenvalue weighted by Crippen LogP contribution is -2.33. The Hall–Kier alpha value is -0.250. The molecule has 0 amide bonds. The Morgan fingerprint density at radius 1 is 1.17 bits per heavy atom. The fraction of sp³-hybridized carbons (Fsp3) is 0.875. The highest BCUT2D eigenvalue weighted by Gasteiger charge is 2.27. The average molecular weight is 180 g/mol. The van der Waals surface area contributed by atoms with Crippen LogP contribution in [0.2, 0.25) is 0 Å². The molecular formula is C8H13F3N. The molecule has 0 N–H and O–H groups in total. The summed E-state index contributed by atoms with van der Waals surface area (Å²) in [7, 11) is 0. The van der Waals surface area contributed by atoms with Gasteiger partial charge in [0.2, 0.25) is 0 Å². The Balaban J connectivity index is 2.13. The highest BCUT2D eigenvalue weighted by Crippen LogP contribution is 2.20. The van der Waals surface area contributed by atoms with Crippen LogP contribution in [0.15, 0.2) is 0 Å². The van der Waals surface area contributed by atoms with Crippen LogP contribution < -0.4 is 0 Å². The third-order valence-electron chi connectivity index (χ3n) is 2.01. The van der Waals surface area contributed by atoms with Crippen molar-refractivity contribution in [2.75, 3.05) is 19.6 Å². The second-order valence-corrected chi connectivity index (χ2v) is 3.07. The van der Waals surface area contributed by atoms with E-state index in [9.17, 15) is 13.2 Å². The monoisotopic (exact) mass is 180 g/mol. The van der Waals surface area contributed by atoms with Crippen molar-refractivity contribution >= 4 is 0 Å². The summed E-state index contributed by atoms with van der Waals surface area (Å²) in [6, 6.07) is 0. The van der Waals surface area contributed by atoms with Crippen LogP contribution in [-0.2, 0) is 0 Å². The molecule has 71 valence electrons. The third kappa shape index (κ3) is 3.95. The number of rotatable bonds is 2. The van der Waals surface area contributed by atoms with Gasteiger partial charge in [0, 0.05) is 6.54 Å². The minimum Gasteiger partial charge on any atom is -0.303 e. The first kappa shape index (κ1) is 9.84. The molecule has 0 aromatic rings. The zero-order valence-corrected chi connectivity index (χ0v) is 6.90. The van der Waals surface area contributed by atoms with E-state index >= 15 is 0 Å². The van der Waals surface area contributed by atoms with Gasteiger partial charge in [-0.1, -0.05) is 0 Å². The molecule has 1 radical (unpaired) electrons. The predicted octanol–water partition coefficient (Wildman–Crippen LogP) is 2.24. The zero-order chi connectivity index (χ0) is 9.03. The van der Waals surface area contributed by atoms with E-state index in [1.807, 2.05) is 4.90 Å². The number of hydrogen-bond acceptors (Lipinski definition) is 1. The van der Waals surface area contributed by atoms with Gasteiger partial charge in [0.25, 0.3) is 0 Å². The molecule has 12 heavy (non-hydrogen) atoms. The van der Waals surface area contributed by atoms with Gasteiger partial charge in [-0.3, -0.25) is 0 Å².